The summed E-state index contributed by atoms with van der Waals surface area (Å²) in [5, 5.41) is 8.33. The lowest BCUT2D eigenvalue weighted by molar-refractivity contribution is 0.145. The molecular weight excluding hydrogens is 430 g/mol. The molecule has 1 saturated heterocycles. The molecule has 1 aliphatic heterocycles. The predicted molar refractivity (Wildman–Crippen MR) is 130 cm³/mol. The van der Waals surface area contributed by atoms with Gasteiger partial charge in [0.1, 0.15) is 23.3 Å². The number of rotatable bonds is 9. The predicted octanol–water partition coefficient (Wildman–Crippen LogP) is 3.42. The molecule has 0 atom stereocenters. The minimum atomic E-state index is 0.710. The van der Waals surface area contributed by atoms with Crippen LogP contribution >= 0.6 is 0 Å². The van der Waals surface area contributed by atoms with Crippen LogP contribution in [0.2, 0.25) is 0 Å². The number of hydrogen-bond donors (Lipinski definition) is 0. The van der Waals surface area contributed by atoms with E-state index < -0.39 is 0 Å². The van der Waals surface area contributed by atoms with E-state index in [1.165, 1.54) is 0 Å². The molecule has 0 unspecified atom stereocenters. The van der Waals surface area contributed by atoms with Crippen molar-refractivity contribution >= 4 is 5.52 Å². The van der Waals surface area contributed by atoms with Crippen molar-refractivity contribution < 1.29 is 9.47 Å². The zero-order valence-corrected chi connectivity index (χ0v) is 19.8. The molecule has 0 amide bonds. The quantitative estimate of drug-likeness (QED) is 0.354. The summed E-state index contributed by atoms with van der Waals surface area (Å²) in [5.41, 5.74) is 1.80. The highest BCUT2D eigenvalue weighted by atomic mass is 16.5. The Labute approximate surface area is 199 Å². The number of aryl methyl sites for hydroxylation is 1. The molecule has 0 N–H and O–H groups in total. The van der Waals surface area contributed by atoms with Gasteiger partial charge in [0.2, 0.25) is 0 Å². The van der Waals surface area contributed by atoms with Crippen molar-refractivity contribution in [2.45, 2.75) is 19.9 Å². The van der Waals surface area contributed by atoms with Gasteiger partial charge in [0.05, 0.1) is 19.1 Å². The molecule has 0 saturated carbocycles. The van der Waals surface area contributed by atoms with Crippen LogP contribution in [0, 0.1) is 0 Å². The number of imidazole rings is 1. The van der Waals surface area contributed by atoms with Crippen LogP contribution in [0.1, 0.15) is 13.3 Å². The van der Waals surface area contributed by atoms with E-state index in [1.807, 2.05) is 45.5 Å². The van der Waals surface area contributed by atoms with Gasteiger partial charge in [-0.05, 0) is 50.7 Å². The molecule has 1 aromatic carbocycles. The van der Waals surface area contributed by atoms with Gasteiger partial charge in [-0.2, -0.15) is 0 Å². The van der Waals surface area contributed by atoms with Crippen molar-refractivity contribution in [2.24, 2.45) is 0 Å². The van der Waals surface area contributed by atoms with Crippen molar-refractivity contribution in [3.8, 4) is 28.6 Å². The van der Waals surface area contributed by atoms with Crippen LogP contribution in [-0.2, 0) is 6.54 Å². The van der Waals surface area contributed by atoms with Gasteiger partial charge in [0.25, 0.3) is 0 Å². The molecule has 4 heterocycles. The van der Waals surface area contributed by atoms with Crippen molar-refractivity contribution in [1.82, 2.24) is 33.9 Å². The first-order chi connectivity index (χ1) is 16.7. The van der Waals surface area contributed by atoms with Gasteiger partial charge in [-0.25, -0.2) is 4.98 Å². The van der Waals surface area contributed by atoms with Gasteiger partial charge in [0.15, 0.2) is 11.6 Å². The lowest BCUT2D eigenvalue weighted by atomic mass is 10.2. The zero-order valence-electron chi connectivity index (χ0n) is 19.8. The standard InChI is InChI=1S/C25H31N7O2/c1-3-31-19-27-28-25(31)20-15-24(23-16-26-18-32(23)17-20)34-22-7-5-21(6-8-22)33-14-4-9-30-12-10-29(2)11-13-30/h5-8,15-19H,3-4,9-14H2,1-2H3. The summed E-state index contributed by atoms with van der Waals surface area (Å²) in [5.74, 6) is 3.09. The fourth-order valence-electron chi connectivity index (χ4n) is 4.20. The minimum absolute atomic E-state index is 0.710. The smallest absolute Gasteiger partial charge is 0.165 e. The third kappa shape index (κ3) is 5.05. The van der Waals surface area contributed by atoms with E-state index in [4.69, 9.17) is 9.47 Å². The molecule has 0 aliphatic carbocycles. The second-order valence-electron chi connectivity index (χ2n) is 8.64. The van der Waals surface area contributed by atoms with Crippen LogP contribution in [0.4, 0.5) is 0 Å². The van der Waals surface area contributed by atoms with E-state index in [9.17, 15) is 0 Å². The van der Waals surface area contributed by atoms with Crippen LogP contribution in [-0.4, -0.2) is 80.3 Å². The van der Waals surface area contributed by atoms with Gasteiger partial charge < -0.3 is 28.2 Å². The molecule has 5 rings (SSSR count). The topological polar surface area (TPSA) is 73.0 Å². The SMILES string of the molecule is CCn1cnnc1-c1cc(Oc2ccc(OCCCN3CCN(C)CC3)cc2)c2cncn2c1. The van der Waals surface area contributed by atoms with Crippen molar-refractivity contribution in [3.05, 3.63) is 55.4 Å². The van der Waals surface area contributed by atoms with Gasteiger partial charge in [-0.1, -0.05) is 0 Å². The van der Waals surface area contributed by atoms with Crippen molar-refractivity contribution in [2.75, 3.05) is 46.4 Å². The molecule has 9 nitrogen and oxygen atoms in total. The first-order valence-electron chi connectivity index (χ1n) is 11.8. The summed E-state index contributed by atoms with van der Waals surface area (Å²) in [6.45, 7) is 9.23. The molecule has 0 spiro atoms. The van der Waals surface area contributed by atoms with Gasteiger partial charge in [0, 0.05) is 51.0 Å². The summed E-state index contributed by atoms with van der Waals surface area (Å²) in [4.78, 5) is 9.16. The Balaban J connectivity index is 1.22. The van der Waals surface area contributed by atoms with Crippen LogP contribution < -0.4 is 9.47 Å². The number of benzene rings is 1. The average molecular weight is 462 g/mol. The van der Waals surface area contributed by atoms with E-state index in [0.29, 0.717) is 12.4 Å². The largest absolute Gasteiger partial charge is 0.494 e. The summed E-state index contributed by atoms with van der Waals surface area (Å²) < 4.78 is 16.1. The Morgan fingerprint density at radius 1 is 1.00 bits per heavy atom. The van der Waals surface area contributed by atoms with E-state index in [2.05, 4.69) is 39.0 Å². The van der Waals surface area contributed by atoms with Crippen LogP contribution in [0.3, 0.4) is 0 Å². The zero-order chi connectivity index (χ0) is 23.3. The number of likely N-dealkylation sites (N-methyl/N-ethyl adjacent to an activating group) is 1. The molecule has 1 aliphatic rings. The monoisotopic (exact) mass is 461 g/mol. The molecule has 0 radical (unpaired) electrons. The Morgan fingerprint density at radius 2 is 1.79 bits per heavy atom. The highest BCUT2D eigenvalue weighted by Gasteiger charge is 2.14. The molecular formula is C25H31N7O2. The summed E-state index contributed by atoms with van der Waals surface area (Å²) in [6.07, 6.45) is 8.30. The van der Waals surface area contributed by atoms with E-state index >= 15 is 0 Å². The van der Waals surface area contributed by atoms with E-state index in [1.54, 1.807) is 18.9 Å². The summed E-state index contributed by atoms with van der Waals surface area (Å²) in [6, 6.07) is 9.76. The molecule has 3 aromatic heterocycles. The van der Waals surface area contributed by atoms with Crippen LogP contribution in [0.15, 0.2) is 55.4 Å². The Kier molecular flexibility index (Phi) is 6.73. The molecule has 0 bridgehead atoms. The first-order valence-corrected chi connectivity index (χ1v) is 11.8. The summed E-state index contributed by atoms with van der Waals surface area (Å²) >= 11 is 0. The fourth-order valence-corrected chi connectivity index (χ4v) is 4.20. The number of nitrogens with zero attached hydrogens (tertiary/aromatic N) is 7. The second kappa shape index (κ2) is 10.2. The Morgan fingerprint density at radius 3 is 2.59 bits per heavy atom. The maximum absolute atomic E-state index is 6.25. The Hall–Kier alpha value is -3.43. The minimum Gasteiger partial charge on any atom is -0.494 e. The highest BCUT2D eigenvalue weighted by molar-refractivity contribution is 5.68. The molecule has 4 aromatic rings. The molecule has 9 heteroatoms. The number of piperazine rings is 1. The number of hydrogen-bond acceptors (Lipinski definition) is 7. The van der Waals surface area contributed by atoms with E-state index in [0.717, 1.165) is 74.1 Å². The first kappa shape index (κ1) is 22.4. The Bertz CT molecular complexity index is 1210. The average Bonchev–Trinajstić information content (AvgIpc) is 3.53. The van der Waals surface area contributed by atoms with Crippen LogP contribution in [0.5, 0.6) is 17.2 Å². The maximum Gasteiger partial charge on any atom is 0.165 e. The number of ether oxygens (including phenoxy) is 2. The fraction of sp³-hybridized carbons (Fsp3) is 0.400. The van der Waals surface area contributed by atoms with Gasteiger partial charge in [-0.15, -0.1) is 10.2 Å². The number of fused-ring (bicyclic) bond motifs is 1. The lowest BCUT2D eigenvalue weighted by Crippen LogP contribution is -2.44. The summed E-state index contributed by atoms with van der Waals surface area (Å²) in [7, 11) is 2.18. The molecule has 34 heavy (non-hydrogen) atoms. The lowest BCUT2D eigenvalue weighted by Gasteiger charge is -2.32. The third-order valence-corrected chi connectivity index (χ3v) is 6.23. The van der Waals surface area contributed by atoms with E-state index in [-0.39, 0.29) is 0 Å². The number of aromatic nitrogens is 5. The van der Waals surface area contributed by atoms with Crippen LogP contribution in [0.25, 0.3) is 16.9 Å². The molecule has 178 valence electrons. The highest BCUT2D eigenvalue weighted by Crippen LogP contribution is 2.31. The maximum atomic E-state index is 6.25. The van der Waals surface area contributed by atoms with Gasteiger partial charge in [-0.3, -0.25) is 0 Å². The van der Waals surface area contributed by atoms with Crippen molar-refractivity contribution in [3.63, 3.8) is 0 Å². The normalized spacial score (nSPS) is 15.1. The third-order valence-electron chi connectivity index (χ3n) is 6.23. The number of pyridine rings is 1. The second-order valence-corrected chi connectivity index (χ2v) is 8.64. The van der Waals surface area contributed by atoms with Crippen molar-refractivity contribution in [1.29, 1.82) is 0 Å². The van der Waals surface area contributed by atoms with Gasteiger partial charge >= 0.3 is 0 Å². The molecule has 1 fully saturated rings.